The van der Waals surface area contributed by atoms with Gasteiger partial charge in [-0.15, -0.1) is 0 Å². The molecule has 7 heteroatoms. The molecule has 1 heterocycles. The van der Waals surface area contributed by atoms with Gasteiger partial charge in [0.05, 0.1) is 0 Å². The minimum absolute atomic E-state index is 0.164. The van der Waals surface area contributed by atoms with Gasteiger partial charge in [0.2, 0.25) is 5.91 Å². The van der Waals surface area contributed by atoms with Crippen LogP contribution in [-0.2, 0) is 14.4 Å². The zero-order valence-electron chi connectivity index (χ0n) is 8.97. The second-order valence-corrected chi connectivity index (χ2v) is 3.35. The number of amides is 1. The molecule has 0 radical (unpaired) electrons. The summed E-state index contributed by atoms with van der Waals surface area (Å²) in [4.78, 5) is 30.3. The van der Waals surface area contributed by atoms with E-state index in [4.69, 9.17) is 15.9 Å². The molecule has 1 amide bonds. The molecular weight excluding hydrogens is 216 g/mol. The molecule has 1 saturated heterocycles. The van der Waals surface area contributed by atoms with Gasteiger partial charge >= 0.3 is 11.9 Å². The van der Waals surface area contributed by atoms with E-state index in [0.29, 0.717) is 19.3 Å². The summed E-state index contributed by atoms with van der Waals surface area (Å²) < 4.78 is 0. The molecule has 1 unspecified atom stereocenters. The first-order valence-corrected chi connectivity index (χ1v) is 4.89. The fraction of sp³-hybridized carbons (Fsp3) is 0.667. The van der Waals surface area contributed by atoms with Gasteiger partial charge in [0.1, 0.15) is 12.1 Å². The topological polar surface area (TPSA) is 130 Å². The number of nitrogens with two attached hydrogens (primary N) is 1. The Labute approximate surface area is 92.6 Å². The van der Waals surface area contributed by atoms with Gasteiger partial charge in [0, 0.05) is 6.42 Å². The smallest absolute Gasteiger partial charge is 0.326 e. The maximum absolute atomic E-state index is 10.4. The van der Waals surface area contributed by atoms with E-state index in [1.165, 1.54) is 0 Å². The van der Waals surface area contributed by atoms with E-state index in [0.717, 1.165) is 0 Å². The average molecular weight is 232 g/mol. The molecule has 0 bridgehead atoms. The molecule has 2 atom stereocenters. The molecule has 0 aromatic carbocycles. The van der Waals surface area contributed by atoms with Gasteiger partial charge in [0.15, 0.2) is 0 Å². The van der Waals surface area contributed by atoms with Crippen LogP contribution in [-0.4, -0.2) is 40.1 Å². The van der Waals surface area contributed by atoms with Crippen molar-refractivity contribution in [2.45, 2.75) is 38.3 Å². The van der Waals surface area contributed by atoms with Crippen molar-refractivity contribution < 1.29 is 24.6 Å². The number of hydrogen-bond donors (Lipinski definition) is 4. The number of carbonyl (C=O) groups is 3. The Morgan fingerprint density at radius 2 is 2.12 bits per heavy atom. The summed E-state index contributed by atoms with van der Waals surface area (Å²) in [6, 6.07) is -1.32. The third-order valence-electron chi connectivity index (χ3n) is 2.05. The normalized spacial score (nSPS) is 20.4. The van der Waals surface area contributed by atoms with Crippen molar-refractivity contribution in [3.8, 4) is 0 Å². The number of carbonyl (C=O) groups excluding carboxylic acids is 1. The zero-order chi connectivity index (χ0) is 12.7. The van der Waals surface area contributed by atoms with E-state index in [-0.39, 0.29) is 5.91 Å². The van der Waals surface area contributed by atoms with E-state index in [2.05, 4.69) is 5.32 Å². The highest BCUT2D eigenvalue weighted by Crippen LogP contribution is 2.05. The van der Waals surface area contributed by atoms with Gasteiger partial charge in [-0.1, -0.05) is 6.92 Å². The molecule has 1 aliphatic heterocycles. The van der Waals surface area contributed by atoms with Crippen molar-refractivity contribution in [2.75, 3.05) is 0 Å². The molecule has 0 spiro atoms. The van der Waals surface area contributed by atoms with Crippen LogP contribution in [0.3, 0.4) is 0 Å². The molecule has 0 aromatic rings. The number of aliphatic carboxylic acids is 2. The van der Waals surface area contributed by atoms with Crippen LogP contribution < -0.4 is 11.1 Å². The molecule has 0 aromatic heterocycles. The molecule has 0 aliphatic carbocycles. The van der Waals surface area contributed by atoms with Crippen molar-refractivity contribution in [1.82, 2.24) is 5.32 Å². The van der Waals surface area contributed by atoms with Crippen LogP contribution in [0.2, 0.25) is 0 Å². The average Bonchev–Trinajstić information content (AvgIpc) is 2.64. The Kier molecular flexibility index (Phi) is 6.09. The van der Waals surface area contributed by atoms with Crippen molar-refractivity contribution in [3.05, 3.63) is 0 Å². The molecule has 1 rings (SSSR count). The van der Waals surface area contributed by atoms with Crippen LogP contribution in [0, 0.1) is 0 Å². The van der Waals surface area contributed by atoms with Crippen LogP contribution in [0.1, 0.15) is 26.2 Å². The Bertz CT molecular complexity index is 279. The number of carboxylic acid groups (broad SMARTS) is 2. The predicted octanol–water partition coefficient (Wildman–Crippen LogP) is -0.842. The van der Waals surface area contributed by atoms with Crippen LogP contribution in [0.25, 0.3) is 0 Å². The first-order valence-electron chi connectivity index (χ1n) is 4.89. The third-order valence-corrected chi connectivity index (χ3v) is 2.05. The van der Waals surface area contributed by atoms with Gasteiger partial charge in [0.25, 0.3) is 0 Å². The quantitative estimate of drug-likeness (QED) is 0.502. The summed E-state index contributed by atoms with van der Waals surface area (Å²) in [5, 5.41) is 18.7. The first kappa shape index (κ1) is 14.4. The third kappa shape index (κ3) is 5.30. The van der Waals surface area contributed by atoms with Crippen molar-refractivity contribution in [3.63, 3.8) is 0 Å². The van der Waals surface area contributed by atoms with Gasteiger partial charge in [-0.25, -0.2) is 4.79 Å². The summed E-state index contributed by atoms with van der Waals surface area (Å²) in [5.41, 5.74) is 5.02. The van der Waals surface area contributed by atoms with E-state index >= 15 is 0 Å². The highest BCUT2D eigenvalue weighted by molar-refractivity contribution is 5.87. The lowest BCUT2D eigenvalue weighted by molar-refractivity contribution is -0.140. The SMILES string of the molecule is CCC(N)C(=O)O.O=C1CC[C@@H](C(=O)O)N1. The Morgan fingerprint density at radius 3 is 2.25 bits per heavy atom. The largest absolute Gasteiger partial charge is 0.480 e. The standard InChI is InChI=1S/C5H7NO3.C4H9NO2/c7-4-2-1-3(6-4)5(8)9;1-2-3(5)4(6)7/h3H,1-2H2,(H,6,7)(H,8,9);3H,2,5H2,1H3,(H,6,7)/t3-;/m0./s1. The monoisotopic (exact) mass is 232 g/mol. The molecule has 1 fully saturated rings. The molecule has 5 N–H and O–H groups in total. The molecule has 7 nitrogen and oxygen atoms in total. The summed E-state index contributed by atoms with van der Waals surface area (Å²) in [6.07, 6.45) is 1.26. The molecule has 1 aliphatic rings. The van der Waals surface area contributed by atoms with Crippen molar-refractivity contribution in [1.29, 1.82) is 0 Å². The lowest BCUT2D eigenvalue weighted by Crippen LogP contribution is -2.32. The van der Waals surface area contributed by atoms with Gasteiger partial charge in [-0.3, -0.25) is 9.59 Å². The summed E-state index contributed by atoms with van der Waals surface area (Å²) >= 11 is 0. The van der Waals surface area contributed by atoms with E-state index < -0.39 is 24.0 Å². The Hall–Kier alpha value is -1.63. The highest BCUT2D eigenvalue weighted by Gasteiger charge is 2.26. The summed E-state index contributed by atoms with van der Waals surface area (Å²) in [6.45, 7) is 1.73. The summed E-state index contributed by atoms with van der Waals surface area (Å²) in [7, 11) is 0. The van der Waals surface area contributed by atoms with Gasteiger partial charge < -0.3 is 21.3 Å². The number of rotatable bonds is 3. The molecule has 16 heavy (non-hydrogen) atoms. The second-order valence-electron chi connectivity index (χ2n) is 3.35. The predicted molar refractivity (Wildman–Crippen MR) is 54.7 cm³/mol. The van der Waals surface area contributed by atoms with Crippen LogP contribution in [0.5, 0.6) is 0 Å². The van der Waals surface area contributed by atoms with Gasteiger partial charge in [-0.05, 0) is 12.8 Å². The minimum Gasteiger partial charge on any atom is -0.480 e. The van der Waals surface area contributed by atoms with Gasteiger partial charge in [-0.2, -0.15) is 0 Å². The number of nitrogens with one attached hydrogen (secondary N) is 1. The van der Waals surface area contributed by atoms with Crippen LogP contribution in [0.4, 0.5) is 0 Å². The summed E-state index contributed by atoms with van der Waals surface area (Å²) in [5.74, 6) is -2.04. The maximum Gasteiger partial charge on any atom is 0.326 e. The molecule has 0 saturated carbocycles. The van der Waals surface area contributed by atoms with Crippen LogP contribution in [0.15, 0.2) is 0 Å². The molecule has 92 valence electrons. The van der Waals surface area contributed by atoms with E-state index in [1.807, 2.05) is 0 Å². The Balaban J connectivity index is 0.000000293. The number of hydrogen-bond acceptors (Lipinski definition) is 4. The molecular formula is C9H16N2O5. The second kappa shape index (κ2) is 6.78. The zero-order valence-corrected chi connectivity index (χ0v) is 8.97. The fourth-order valence-corrected chi connectivity index (χ4v) is 0.974. The maximum atomic E-state index is 10.4. The first-order chi connectivity index (χ1) is 7.38. The van der Waals surface area contributed by atoms with Crippen molar-refractivity contribution >= 4 is 17.8 Å². The minimum atomic E-state index is -0.944. The fourth-order valence-electron chi connectivity index (χ4n) is 0.974. The number of carboxylic acids is 2. The highest BCUT2D eigenvalue weighted by atomic mass is 16.4. The van der Waals surface area contributed by atoms with Crippen molar-refractivity contribution in [2.24, 2.45) is 5.73 Å². The van der Waals surface area contributed by atoms with E-state index in [9.17, 15) is 14.4 Å². The van der Waals surface area contributed by atoms with E-state index in [1.54, 1.807) is 6.92 Å². The van der Waals surface area contributed by atoms with Crippen LogP contribution >= 0.6 is 0 Å². The lowest BCUT2D eigenvalue weighted by Gasteiger charge is -1.99. The Morgan fingerprint density at radius 1 is 1.56 bits per heavy atom. The lowest BCUT2D eigenvalue weighted by atomic mass is 10.2.